The molecule has 57 nitrogen and oxygen atoms in total. The molecule has 1 unspecified atom stereocenters. The predicted molar refractivity (Wildman–Crippen MR) is 374 cm³/mol. The summed E-state index contributed by atoms with van der Waals surface area (Å²) in [4.78, 5) is 13.0. The Morgan fingerprint density at radius 1 is 0.208 bits per heavy atom. The first-order valence-electron chi connectivity index (χ1n) is 39.7. The largest absolute Gasteiger partial charge is 0.394 e. The highest BCUT2D eigenvalue weighted by Gasteiger charge is 2.62. The second-order valence-corrected chi connectivity index (χ2v) is 31.6. The number of hydrogen-bond donors (Lipinski definition) is 35. The van der Waals surface area contributed by atoms with Crippen LogP contribution in [0.2, 0.25) is 0 Å². The SMILES string of the molecule is CC(=O)N[C@H]1[C@H](O[C@H]2[C@H](O)[C@@H](O)C(O)O[C@@H]2CO)O[C@H](CO)[C@@H](O[C@@H]2O[C@H](CO[C@H]3O[C@H](CO[C@H]4O[C@H](CO)[C@@H](O)[C@H](O)[C@@H]4O[C@H]4O[C@H](CO)[C@@H](O)[C@H](O)[C@@H]4O)[C@@H](O)[C@H](O[C@H]4O[C@H](CO)[C@@H](O)[C@H](O)[C@@H]4O[C@H]4O[C@H](CO)[C@@H](O)[C@H](O)[C@@H]4O)[C@@H]3O)[C@@H](O)[C@H](O[C@H]3O[C@H](CO)[C@@H](O)[C@H](O)[C@@H]3O[C@H]3O[C@H](CO)[C@@H](O)[C@H](O)[C@@H]3O[C@H]3O[C@H](CO)[C@@H](O)[C@H](O)[C@@H]3O)[C@@H]2O)[C@@H]1O. The zero-order valence-corrected chi connectivity index (χ0v) is 65.7. The first kappa shape index (κ1) is 103. The topological polar surface area (TPSA) is 911 Å². The van der Waals surface area contributed by atoms with Gasteiger partial charge >= 0.3 is 0 Å². The van der Waals surface area contributed by atoms with E-state index in [-0.39, 0.29) is 0 Å². The van der Waals surface area contributed by atoms with Gasteiger partial charge in [0.25, 0.3) is 0 Å². The van der Waals surface area contributed by atoms with Gasteiger partial charge in [0.05, 0.1) is 72.7 Å². The average Bonchev–Trinajstić information content (AvgIpc) is 0.775. The molecular weight excluding hydrogens is 1730 g/mol. The first-order valence-corrected chi connectivity index (χ1v) is 39.7. The Hall–Kier alpha value is -2.73. The molecule has 0 aromatic heterocycles. The van der Waals surface area contributed by atoms with Crippen LogP contribution in [0.1, 0.15) is 6.92 Å². The monoisotopic (exact) mass is 1840 g/mol. The number of ether oxygens (including phenoxy) is 21. The molecule has 0 saturated carbocycles. The van der Waals surface area contributed by atoms with E-state index in [1.807, 2.05) is 0 Å². The van der Waals surface area contributed by atoms with Gasteiger partial charge in [0, 0.05) is 6.92 Å². The number of amides is 1. The lowest BCUT2D eigenvalue weighted by atomic mass is 9.94. The Bertz CT molecular complexity index is 3250. The van der Waals surface area contributed by atoms with E-state index < -0.39 is 416 Å². The van der Waals surface area contributed by atoms with Crippen molar-refractivity contribution in [2.45, 2.75) is 345 Å². The minimum Gasteiger partial charge on any atom is -0.394 e. The van der Waals surface area contributed by atoms with Gasteiger partial charge in [0.2, 0.25) is 5.91 Å². The number of carbonyl (C=O) groups excluding carboxylic acids is 1. The van der Waals surface area contributed by atoms with Gasteiger partial charge in [-0.1, -0.05) is 0 Å². The van der Waals surface area contributed by atoms with Crippen molar-refractivity contribution in [3.05, 3.63) is 0 Å². The van der Waals surface area contributed by atoms with Crippen molar-refractivity contribution in [3.8, 4) is 0 Å². The number of aliphatic hydroxyl groups excluding tert-OH is 34. The van der Waals surface area contributed by atoms with Crippen LogP contribution in [0.3, 0.4) is 0 Å². The van der Waals surface area contributed by atoms with Gasteiger partial charge in [-0.25, -0.2) is 0 Å². The number of carbonyl (C=O) groups is 1. The molecule has 11 rings (SSSR count). The lowest BCUT2D eigenvalue weighted by Gasteiger charge is -2.51. The fourth-order valence-corrected chi connectivity index (χ4v) is 16.1. The maximum atomic E-state index is 13.0. The zero-order valence-electron chi connectivity index (χ0n) is 65.7. The summed E-state index contributed by atoms with van der Waals surface area (Å²) < 4.78 is 123. The number of hydrogen-bond acceptors (Lipinski definition) is 56. The van der Waals surface area contributed by atoms with E-state index in [1.54, 1.807) is 0 Å². The van der Waals surface area contributed by atoms with Gasteiger partial charge in [0.15, 0.2) is 69.2 Å². The molecule has 11 fully saturated rings. The van der Waals surface area contributed by atoms with Crippen LogP contribution in [0.15, 0.2) is 0 Å². The molecule has 11 heterocycles. The third-order valence-electron chi connectivity index (χ3n) is 23.4. The Morgan fingerprint density at radius 2 is 0.440 bits per heavy atom. The molecule has 11 aliphatic heterocycles. The number of rotatable bonds is 32. The van der Waals surface area contributed by atoms with Gasteiger partial charge in [-0.15, -0.1) is 0 Å². The summed E-state index contributed by atoms with van der Waals surface area (Å²) in [6.07, 6.45) is -119. The highest BCUT2D eigenvalue weighted by molar-refractivity contribution is 5.73. The first-order chi connectivity index (χ1) is 59.3. The Labute approximate surface area is 704 Å². The number of aliphatic hydroxyl groups is 34. The molecule has 0 aromatic rings. The van der Waals surface area contributed by atoms with Crippen LogP contribution in [0.5, 0.6) is 0 Å². The molecule has 55 atom stereocenters. The summed E-state index contributed by atoms with van der Waals surface area (Å²) in [7, 11) is 0. The van der Waals surface area contributed by atoms with Crippen molar-refractivity contribution in [1.29, 1.82) is 0 Å². The van der Waals surface area contributed by atoms with Crippen molar-refractivity contribution in [2.24, 2.45) is 0 Å². The van der Waals surface area contributed by atoms with E-state index in [0.29, 0.717) is 0 Å². The molecule has 11 saturated heterocycles. The molecule has 0 bridgehead atoms. The smallest absolute Gasteiger partial charge is 0.217 e. The Morgan fingerprint density at radius 3 is 0.792 bits per heavy atom. The summed E-state index contributed by atoms with van der Waals surface area (Å²) in [6.45, 7) is -11.9. The fraction of sp³-hybridized carbons (Fsp3) is 0.985. The Kier molecular flexibility index (Phi) is 36.7. The van der Waals surface area contributed by atoms with Crippen LogP contribution in [-0.2, 0) is 104 Å². The average molecular weight is 1840 g/mol. The predicted octanol–water partition coefficient (Wildman–Crippen LogP) is -24.8. The van der Waals surface area contributed by atoms with Crippen molar-refractivity contribution in [3.63, 3.8) is 0 Å². The third kappa shape index (κ3) is 21.8. The van der Waals surface area contributed by atoms with Crippen LogP contribution >= 0.6 is 0 Å². The Balaban J connectivity index is 0.957. The van der Waals surface area contributed by atoms with Crippen molar-refractivity contribution >= 4 is 5.91 Å². The van der Waals surface area contributed by atoms with E-state index in [0.717, 1.165) is 6.92 Å². The van der Waals surface area contributed by atoms with E-state index in [2.05, 4.69) is 5.32 Å². The third-order valence-corrected chi connectivity index (χ3v) is 23.4. The maximum absolute atomic E-state index is 13.0. The molecular formula is C68H115NO56. The van der Waals surface area contributed by atoms with Crippen molar-refractivity contribution in [2.75, 3.05) is 72.7 Å². The summed E-state index contributed by atoms with van der Waals surface area (Å²) in [5, 5.41) is 379. The zero-order chi connectivity index (χ0) is 91.7. The van der Waals surface area contributed by atoms with Gasteiger partial charge < -0.3 is 278 Å². The van der Waals surface area contributed by atoms with Crippen LogP contribution in [0.25, 0.3) is 0 Å². The lowest BCUT2D eigenvalue weighted by molar-refractivity contribution is -0.408. The summed E-state index contributed by atoms with van der Waals surface area (Å²) in [5.74, 6) is -0.994. The van der Waals surface area contributed by atoms with Crippen LogP contribution < -0.4 is 5.32 Å². The number of nitrogens with one attached hydrogen (secondary N) is 1. The van der Waals surface area contributed by atoms with E-state index >= 15 is 0 Å². The summed E-state index contributed by atoms with van der Waals surface area (Å²) in [6, 6.07) is -1.99. The fourth-order valence-electron chi connectivity index (χ4n) is 16.1. The van der Waals surface area contributed by atoms with Crippen molar-refractivity contribution < 1.29 is 278 Å². The molecule has 728 valence electrons. The lowest BCUT2D eigenvalue weighted by Crippen LogP contribution is -2.70. The molecule has 0 radical (unpaired) electrons. The van der Waals surface area contributed by atoms with E-state index in [1.165, 1.54) is 0 Å². The molecule has 1 amide bonds. The molecule has 57 heteroatoms. The second-order valence-electron chi connectivity index (χ2n) is 31.6. The van der Waals surface area contributed by atoms with Gasteiger partial charge in [-0.2, -0.15) is 0 Å². The molecule has 125 heavy (non-hydrogen) atoms. The molecule has 0 spiro atoms. The molecule has 11 aliphatic rings. The highest BCUT2D eigenvalue weighted by Crippen LogP contribution is 2.42. The molecule has 35 N–H and O–H groups in total. The van der Waals surface area contributed by atoms with Gasteiger partial charge in [-0.3, -0.25) is 4.79 Å². The van der Waals surface area contributed by atoms with E-state index in [4.69, 9.17) is 99.5 Å². The van der Waals surface area contributed by atoms with Crippen LogP contribution in [0, 0.1) is 0 Å². The standard InChI is InChI=1S/C68H115NO56/c1-13(79)69-25-35(89)50(22(10-78)115-59(25)118-51-21(9-77)107-58(104)44(98)43(51)97)119-64-49(103)53(121-67-57(42(96)32(86)19(7-75)113-67)125-68-56(41(95)31(85)20(8-76)114-68)124-63-47(101)38(92)28(82)16(4-72)110-63)34(88)24(117-64)11-105-60-48(102)52(120-66-55(40(94)30(84)18(6-74)112-66)123-62-46(100)37(91)27(81)15(3-71)109-62)33(87)23(116-60)12-106-65-54(39(93)29(83)17(5-73)111-65)122-61-45(99)36(90)26(80)14(2-70)108-61/h14-68,70-78,80-104H,2-12H2,1H3,(H,69,79)/t14-,15-,16-,17-,18-,19-,20-,21-,22-,23-,24-,25-,26-,27-,28-,29-,30-,31-,32-,33-,34-,35-,36+,37+,38+,39+,40+,41+,42+,43-,44-,45+,46+,47+,48+,49+,50-,51-,52+,53+,54+,55+,56+,57+,58?,59+,60+,61-,62-,63-,64+,65+,66-,67-,68-/m1/s1. The quantitative estimate of drug-likeness (QED) is 0.0297. The highest BCUT2D eigenvalue weighted by atomic mass is 16.8. The van der Waals surface area contributed by atoms with E-state index in [9.17, 15) is 178 Å². The van der Waals surface area contributed by atoms with Gasteiger partial charge in [0.1, 0.15) is 269 Å². The van der Waals surface area contributed by atoms with Crippen LogP contribution in [0.4, 0.5) is 0 Å². The summed E-state index contributed by atoms with van der Waals surface area (Å²) >= 11 is 0. The molecule has 0 aromatic carbocycles. The minimum atomic E-state index is -2.68. The van der Waals surface area contributed by atoms with Crippen molar-refractivity contribution in [1.82, 2.24) is 5.32 Å². The molecule has 0 aliphatic carbocycles. The normalized spacial score (nSPS) is 52.7. The van der Waals surface area contributed by atoms with Crippen LogP contribution in [-0.4, -0.2) is 590 Å². The maximum Gasteiger partial charge on any atom is 0.217 e. The second kappa shape index (κ2) is 44.6. The van der Waals surface area contributed by atoms with Gasteiger partial charge in [-0.05, 0) is 0 Å². The summed E-state index contributed by atoms with van der Waals surface area (Å²) in [5.41, 5.74) is 0. The minimum absolute atomic E-state index is 0.903.